The second-order valence-corrected chi connectivity index (χ2v) is 14.1. The molecule has 0 aliphatic carbocycles. The third-order valence-corrected chi connectivity index (χ3v) is 8.63. The van der Waals surface area contributed by atoms with Gasteiger partial charge in [0, 0.05) is 25.7 Å². The van der Waals surface area contributed by atoms with Crippen LogP contribution in [0.4, 0.5) is 0 Å². The lowest BCUT2D eigenvalue weighted by molar-refractivity contribution is -0.146. The molecule has 0 unspecified atom stereocenters. The third-order valence-electron chi connectivity index (χ3n) is 8.63. The van der Waals surface area contributed by atoms with Crippen LogP contribution in [0.15, 0.2) is 24.3 Å². The van der Waals surface area contributed by atoms with E-state index in [0.29, 0.717) is 38.9 Å². The summed E-state index contributed by atoms with van der Waals surface area (Å²) in [7, 11) is 3.97. The van der Waals surface area contributed by atoms with Crippen LogP contribution in [0.2, 0.25) is 0 Å². The van der Waals surface area contributed by atoms with Gasteiger partial charge >= 0.3 is 17.9 Å². The summed E-state index contributed by atoms with van der Waals surface area (Å²) in [5.74, 6) is -0.971. The smallest absolute Gasteiger partial charge is 0.305 e. The van der Waals surface area contributed by atoms with Gasteiger partial charge in [0.15, 0.2) is 0 Å². The van der Waals surface area contributed by atoms with Crippen molar-refractivity contribution in [2.75, 3.05) is 33.9 Å². The van der Waals surface area contributed by atoms with E-state index in [-0.39, 0.29) is 11.9 Å². The molecule has 50 heavy (non-hydrogen) atoms. The Morgan fingerprint density at radius 2 is 0.860 bits per heavy atom. The minimum atomic E-state index is -0.671. The zero-order valence-corrected chi connectivity index (χ0v) is 33.4. The van der Waals surface area contributed by atoms with E-state index in [2.05, 4.69) is 38.2 Å². The van der Waals surface area contributed by atoms with Gasteiger partial charge in [-0.25, -0.2) is 0 Å². The molecule has 294 valence electrons. The fraction of sp³-hybridized carbons (Fsp3) is 0.837. The Hall–Kier alpha value is -2.15. The average Bonchev–Trinajstić information content (AvgIpc) is 3.08. The number of carbonyl (C=O) groups excluding carboxylic acids is 2. The molecule has 0 atom stereocenters. The zero-order chi connectivity index (χ0) is 37.2. The van der Waals surface area contributed by atoms with Crippen molar-refractivity contribution in [3.8, 4) is 0 Å². The summed E-state index contributed by atoms with van der Waals surface area (Å²) in [5, 5.41) is 8.50. The van der Waals surface area contributed by atoms with E-state index in [1.807, 2.05) is 19.0 Å². The Morgan fingerprint density at radius 1 is 0.480 bits per heavy atom. The van der Waals surface area contributed by atoms with E-state index >= 15 is 0 Å². The van der Waals surface area contributed by atoms with Crippen LogP contribution in [0.25, 0.3) is 0 Å². The minimum absolute atomic E-state index is 0.129. The second kappa shape index (κ2) is 43.0. The number of hydrogen-bond acceptors (Lipinski definition) is 6. The van der Waals surface area contributed by atoms with Crippen molar-refractivity contribution in [1.82, 2.24) is 4.90 Å². The van der Waals surface area contributed by atoms with Crippen LogP contribution in [0.3, 0.4) is 0 Å². The summed E-state index contributed by atoms with van der Waals surface area (Å²) in [6, 6.07) is 0. The Morgan fingerprint density at radius 3 is 1.32 bits per heavy atom. The van der Waals surface area contributed by atoms with Gasteiger partial charge in [0.05, 0.1) is 13.2 Å². The van der Waals surface area contributed by atoms with Crippen molar-refractivity contribution < 1.29 is 29.0 Å². The number of carboxylic acid groups (broad SMARTS) is 1. The average molecular weight is 708 g/mol. The number of unbranched alkanes of at least 4 members (excludes halogenated alkanes) is 20. The molecule has 0 aliphatic rings. The SMILES string of the molecule is CCCCC/C=C\C/C=C\CCCCCCCC(=O)O.CCCCCCCCCCCCCCCC(=O)OCCCOC(=O)CCCN(C)C. The fourth-order valence-electron chi connectivity index (χ4n) is 5.49. The van der Waals surface area contributed by atoms with E-state index < -0.39 is 5.97 Å². The predicted octanol–water partition coefficient (Wildman–Crippen LogP) is 12.2. The van der Waals surface area contributed by atoms with Gasteiger partial charge < -0.3 is 19.5 Å². The van der Waals surface area contributed by atoms with Gasteiger partial charge in [0.1, 0.15) is 0 Å². The fourth-order valence-corrected chi connectivity index (χ4v) is 5.49. The highest BCUT2D eigenvalue weighted by atomic mass is 16.5. The van der Waals surface area contributed by atoms with E-state index in [4.69, 9.17) is 14.6 Å². The van der Waals surface area contributed by atoms with Crippen molar-refractivity contribution >= 4 is 17.9 Å². The molecule has 0 fully saturated rings. The van der Waals surface area contributed by atoms with Crippen molar-refractivity contribution in [2.45, 2.75) is 200 Å². The van der Waals surface area contributed by atoms with Crippen LogP contribution in [0, 0.1) is 0 Å². The van der Waals surface area contributed by atoms with Gasteiger partial charge in [-0.2, -0.15) is 0 Å². The standard InChI is InChI=1S/C25H49NO4.C18H32O2/c1-4-5-6-7-8-9-10-11-12-13-14-15-16-19-24(27)29-22-18-23-30-25(28)20-17-21-26(2)3;1-2-3-4-5-6-7-8-9-10-11-12-13-14-15-16-17-18(19)20/h4-23H2,1-3H3;6-7,9-10H,2-5,8,11-17H2,1H3,(H,19,20)/b;7-6-,10-9-. The van der Waals surface area contributed by atoms with Crippen molar-refractivity contribution in [2.24, 2.45) is 0 Å². The molecule has 0 amide bonds. The summed E-state index contributed by atoms with van der Waals surface area (Å²) in [4.78, 5) is 35.6. The zero-order valence-electron chi connectivity index (χ0n) is 33.4. The molecular formula is C43H81NO6. The van der Waals surface area contributed by atoms with Crippen LogP contribution in [0.5, 0.6) is 0 Å². The minimum Gasteiger partial charge on any atom is -0.481 e. The first-order valence-corrected chi connectivity index (χ1v) is 20.8. The molecule has 0 heterocycles. The van der Waals surface area contributed by atoms with Gasteiger partial charge in [-0.05, 0) is 72.0 Å². The first-order valence-electron chi connectivity index (χ1n) is 20.8. The molecule has 0 aromatic heterocycles. The van der Waals surface area contributed by atoms with E-state index in [1.165, 1.54) is 116 Å². The number of allylic oxidation sites excluding steroid dienone is 4. The first-order chi connectivity index (χ1) is 24.3. The topological polar surface area (TPSA) is 93.1 Å². The first kappa shape index (κ1) is 50.0. The Bertz CT molecular complexity index is 794. The molecule has 0 radical (unpaired) electrons. The number of esters is 2. The molecular weight excluding hydrogens is 626 g/mol. The molecule has 0 saturated carbocycles. The van der Waals surface area contributed by atoms with Gasteiger partial charge in [-0.15, -0.1) is 0 Å². The molecule has 7 nitrogen and oxygen atoms in total. The van der Waals surface area contributed by atoms with E-state index in [9.17, 15) is 14.4 Å². The molecule has 0 aromatic carbocycles. The van der Waals surface area contributed by atoms with Crippen LogP contribution in [-0.4, -0.2) is 61.8 Å². The summed E-state index contributed by atoms with van der Waals surface area (Å²) < 4.78 is 10.3. The number of hydrogen-bond donors (Lipinski definition) is 1. The monoisotopic (exact) mass is 708 g/mol. The highest BCUT2D eigenvalue weighted by Gasteiger charge is 2.05. The maximum absolute atomic E-state index is 11.7. The molecule has 7 heteroatoms. The van der Waals surface area contributed by atoms with Crippen molar-refractivity contribution in [1.29, 1.82) is 0 Å². The van der Waals surface area contributed by atoms with Gasteiger partial charge in [-0.3, -0.25) is 14.4 Å². The lowest BCUT2D eigenvalue weighted by Gasteiger charge is -2.09. The second-order valence-electron chi connectivity index (χ2n) is 14.1. The predicted molar refractivity (Wildman–Crippen MR) is 212 cm³/mol. The van der Waals surface area contributed by atoms with Crippen molar-refractivity contribution in [3.05, 3.63) is 24.3 Å². The number of rotatable bonds is 36. The summed E-state index contributed by atoms with van der Waals surface area (Å²) in [6.07, 6.45) is 41.5. The molecule has 0 saturated heterocycles. The number of ether oxygens (including phenoxy) is 2. The lowest BCUT2D eigenvalue weighted by Crippen LogP contribution is -2.15. The largest absolute Gasteiger partial charge is 0.481 e. The Kier molecular flexibility index (Phi) is 43.0. The van der Waals surface area contributed by atoms with E-state index in [1.54, 1.807) is 0 Å². The molecule has 0 aliphatic heterocycles. The summed E-state index contributed by atoms with van der Waals surface area (Å²) >= 11 is 0. The van der Waals surface area contributed by atoms with Crippen LogP contribution in [0.1, 0.15) is 200 Å². The normalized spacial score (nSPS) is 11.3. The number of aliphatic carboxylic acids is 1. The molecule has 0 spiro atoms. The third kappa shape index (κ3) is 48.0. The van der Waals surface area contributed by atoms with E-state index in [0.717, 1.165) is 51.5 Å². The van der Waals surface area contributed by atoms with Gasteiger partial charge in [-0.1, -0.05) is 147 Å². The maximum Gasteiger partial charge on any atom is 0.305 e. The summed E-state index contributed by atoms with van der Waals surface area (Å²) in [5.41, 5.74) is 0. The molecule has 0 rings (SSSR count). The Labute approximate surface area is 309 Å². The Balaban J connectivity index is 0. The number of carboxylic acids is 1. The number of nitrogens with zero attached hydrogens (tertiary/aromatic N) is 1. The van der Waals surface area contributed by atoms with Crippen molar-refractivity contribution in [3.63, 3.8) is 0 Å². The highest BCUT2D eigenvalue weighted by Crippen LogP contribution is 2.13. The molecule has 0 bridgehead atoms. The molecule has 1 N–H and O–H groups in total. The number of carbonyl (C=O) groups is 3. The van der Waals surface area contributed by atoms with Crippen LogP contribution in [-0.2, 0) is 23.9 Å². The quantitative estimate of drug-likeness (QED) is 0.0393. The van der Waals surface area contributed by atoms with Gasteiger partial charge in [0.25, 0.3) is 0 Å². The maximum atomic E-state index is 11.7. The van der Waals surface area contributed by atoms with Gasteiger partial charge in [0.2, 0.25) is 0 Å². The van der Waals surface area contributed by atoms with Crippen LogP contribution < -0.4 is 0 Å². The van der Waals surface area contributed by atoms with Crippen LogP contribution >= 0.6 is 0 Å². The summed E-state index contributed by atoms with van der Waals surface area (Å²) in [6.45, 7) is 6.04. The lowest BCUT2D eigenvalue weighted by atomic mass is 10.0. The molecule has 0 aromatic rings. The highest BCUT2D eigenvalue weighted by molar-refractivity contribution is 5.69.